The number of nitrogens with one attached hydrogen (secondary N) is 1. The lowest BCUT2D eigenvalue weighted by atomic mass is 10.2. The van der Waals surface area contributed by atoms with Gasteiger partial charge in [0.2, 0.25) is 0 Å². The predicted octanol–water partition coefficient (Wildman–Crippen LogP) is 3.46. The molecule has 0 radical (unpaired) electrons. The molecule has 0 bridgehead atoms. The van der Waals surface area contributed by atoms with Gasteiger partial charge in [-0.1, -0.05) is 12.1 Å². The number of thiophene rings is 1. The summed E-state index contributed by atoms with van der Waals surface area (Å²) >= 11 is 4.45. The number of halogens is 1. The van der Waals surface area contributed by atoms with Crippen LogP contribution in [0, 0.1) is 0 Å². The van der Waals surface area contributed by atoms with Gasteiger partial charge in [0.05, 0.1) is 11.1 Å². The van der Waals surface area contributed by atoms with E-state index in [4.69, 9.17) is 5.11 Å². The van der Waals surface area contributed by atoms with Gasteiger partial charge in [-0.05, 0) is 39.5 Å². The van der Waals surface area contributed by atoms with Gasteiger partial charge in [0.1, 0.15) is 5.00 Å². The summed E-state index contributed by atoms with van der Waals surface area (Å²) in [6, 6.07) is 8.42. The van der Waals surface area contributed by atoms with Crippen molar-refractivity contribution in [3.8, 4) is 0 Å². The number of carbonyl (C=O) groups excluding carboxylic acids is 1. The number of hydrogen-bond donors (Lipinski definition) is 2. The first kappa shape index (κ1) is 12.8. The van der Waals surface area contributed by atoms with E-state index in [0.29, 0.717) is 15.0 Å². The summed E-state index contributed by atoms with van der Waals surface area (Å²) in [5, 5.41) is 13.5. The van der Waals surface area contributed by atoms with Crippen molar-refractivity contribution in [2.45, 2.75) is 0 Å². The Balaban J connectivity index is 2.25. The molecule has 6 heteroatoms. The van der Waals surface area contributed by atoms with Gasteiger partial charge >= 0.3 is 5.97 Å². The smallest absolute Gasteiger partial charge is 0.338 e. The van der Waals surface area contributed by atoms with Crippen LogP contribution in [0.3, 0.4) is 0 Å². The van der Waals surface area contributed by atoms with E-state index < -0.39 is 5.97 Å². The van der Waals surface area contributed by atoms with Crippen molar-refractivity contribution in [3.05, 3.63) is 51.3 Å². The van der Waals surface area contributed by atoms with Crippen molar-refractivity contribution >= 4 is 44.1 Å². The number of carbonyl (C=O) groups is 2. The summed E-state index contributed by atoms with van der Waals surface area (Å²) < 4.78 is 0.663. The first-order valence-corrected chi connectivity index (χ1v) is 6.63. The maximum absolute atomic E-state index is 12.0. The van der Waals surface area contributed by atoms with Crippen molar-refractivity contribution in [2.24, 2.45) is 0 Å². The first-order valence-electron chi connectivity index (χ1n) is 4.96. The van der Waals surface area contributed by atoms with Crippen LogP contribution in [-0.2, 0) is 0 Å². The highest BCUT2D eigenvalue weighted by atomic mass is 79.9. The SMILES string of the molecule is O=C(Nc1sccc1C(=O)O)c1ccccc1Br. The molecule has 2 N–H and O–H groups in total. The maximum Gasteiger partial charge on any atom is 0.338 e. The minimum Gasteiger partial charge on any atom is -0.478 e. The van der Waals surface area contributed by atoms with E-state index >= 15 is 0 Å². The molecule has 0 spiro atoms. The monoisotopic (exact) mass is 325 g/mol. The summed E-state index contributed by atoms with van der Waals surface area (Å²) in [7, 11) is 0. The quantitative estimate of drug-likeness (QED) is 0.908. The van der Waals surface area contributed by atoms with E-state index in [0.717, 1.165) is 0 Å². The fourth-order valence-corrected chi connectivity index (χ4v) is 2.63. The lowest BCUT2D eigenvalue weighted by Crippen LogP contribution is -2.13. The molecule has 0 saturated carbocycles. The molecule has 1 aromatic carbocycles. The summed E-state index contributed by atoms with van der Waals surface area (Å²) in [5.74, 6) is -1.40. The molecule has 0 fully saturated rings. The fraction of sp³-hybridized carbons (Fsp3) is 0. The molecule has 1 heterocycles. The topological polar surface area (TPSA) is 66.4 Å². The number of carboxylic acids is 1. The van der Waals surface area contributed by atoms with Gasteiger partial charge in [-0.25, -0.2) is 4.79 Å². The Morgan fingerprint density at radius 3 is 2.56 bits per heavy atom. The predicted molar refractivity (Wildman–Crippen MR) is 73.4 cm³/mol. The average Bonchev–Trinajstić information content (AvgIpc) is 2.77. The summed E-state index contributed by atoms with van der Waals surface area (Å²) in [6.07, 6.45) is 0. The molecule has 92 valence electrons. The minimum atomic E-state index is -1.06. The van der Waals surface area contributed by atoms with E-state index in [9.17, 15) is 9.59 Å². The van der Waals surface area contributed by atoms with Gasteiger partial charge in [0, 0.05) is 4.47 Å². The second-order valence-electron chi connectivity index (χ2n) is 3.40. The molecule has 0 aliphatic rings. The highest BCUT2D eigenvalue weighted by Crippen LogP contribution is 2.25. The van der Waals surface area contributed by atoms with Crippen LogP contribution in [0.5, 0.6) is 0 Å². The van der Waals surface area contributed by atoms with Crippen LogP contribution in [0.15, 0.2) is 40.2 Å². The van der Waals surface area contributed by atoms with E-state index in [1.807, 2.05) is 0 Å². The van der Waals surface area contributed by atoms with Gasteiger partial charge in [-0.2, -0.15) is 0 Å². The molecule has 1 aromatic heterocycles. The molecule has 0 atom stereocenters. The average molecular weight is 326 g/mol. The van der Waals surface area contributed by atoms with Crippen LogP contribution < -0.4 is 5.32 Å². The van der Waals surface area contributed by atoms with Gasteiger partial charge in [0.25, 0.3) is 5.91 Å². The van der Waals surface area contributed by atoms with E-state index in [-0.39, 0.29) is 11.5 Å². The lowest BCUT2D eigenvalue weighted by Gasteiger charge is -2.05. The number of amides is 1. The molecular formula is C12H8BrNO3S. The molecule has 4 nitrogen and oxygen atoms in total. The number of aromatic carboxylic acids is 1. The first-order chi connectivity index (χ1) is 8.59. The Kier molecular flexibility index (Phi) is 3.78. The van der Waals surface area contributed by atoms with Gasteiger partial charge in [-0.3, -0.25) is 4.79 Å². The number of rotatable bonds is 3. The maximum atomic E-state index is 12.0. The van der Waals surface area contributed by atoms with E-state index in [2.05, 4.69) is 21.2 Å². The van der Waals surface area contributed by atoms with Crippen LogP contribution in [-0.4, -0.2) is 17.0 Å². The Labute approximate surface area is 115 Å². The van der Waals surface area contributed by atoms with Crippen LogP contribution in [0.1, 0.15) is 20.7 Å². The summed E-state index contributed by atoms with van der Waals surface area (Å²) in [4.78, 5) is 22.9. The third-order valence-electron chi connectivity index (χ3n) is 2.24. The van der Waals surface area contributed by atoms with Crippen LogP contribution in [0.25, 0.3) is 0 Å². The van der Waals surface area contributed by atoms with Gasteiger partial charge in [-0.15, -0.1) is 11.3 Å². The molecule has 2 aromatic rings. The summed E-state index contributed by atoms with van der Waals surface area (Å²) in [5.41, 5.74) is 0.558. The zero-order chi connectivity index (χ0) is 13.1. The fourth-order valence-electron chi connectivity index (χ4n) is 1.39. The highest BCUT2D eigenvalue weighted by Gasteiger charge is 2.15. The molecule has 0 saturated heterocycles. The van der Waals surface area contributed by atoms with E-state index in [1.165, 1.54) is 17.4 Å². The molecule has 2 rings (SSSR count). The van der Waals surface area contributed by atoms with Gasteiger partial charge < -0.3 is 10.4 Å². The zero-order valence-corrected chi connectivity index (χ0v) is 11.4. The second kappa shape index (κ2) is 5.32. The number of hydrogen-bond acceptors (Lipinski definition) is 3. The number of benzene rings is 1. The lowest BCUT2D eigenvalue weighted by molar-refractivity contribution is 0.0698. The zero-order valence-electron chi connectivity index (χ0n) is 9.01. The Morgan fingerprint density at radius 2 is 1.89 bits per heavy atom. The highest BCUT2D eigenvalue weighted by molar-refractivity contribution is 9.10. The number of carboxylic acid groups (broad SMARTS) is 1. The molecular weight excluding hydrogens is 318 g/mol. The third-order valence-corrected chi connectivity index (χ3v) is 3.76. The normalized spacial score (nSPS) is 10.1. The van der Waals surface area contributed by atoms with E-state index in [1.54, 1.807) is 29.6 Å². The molecule has 18 heavy (non-hydrogen) atoms. The Morgan fingerprint density at radius 1 is 1.17 bits per heavy atom. The van der Waals surface area contributed by atoms with Crippen molar-refractivity contribution in [1.29, 1.82) is 0 Å². The van der Waals surface area contributed by atoms with Crippen molar-refractivity contribution in [3.63, 3.8) is 0 Å². The molecule has 0 aliphatic carbocycles. The summed E-state index contributed by atoms with van der Waals surface area (Å²) in [6.45, 7) is 0. The van der Waals surface area contributed by atoms with Crippen molar-refractivity contribution < 1.29 is 14.7 Å². The third kappa shape index (κ3) is 2.60. The molecule has 1 amide bonds. The van der Waals surface area contributed by atoms with Crippen LogP contribution in [0.4, 0.5) is 5.00 Å². The second-order valence-corrected chi connectivity index (χ2v) is 5.17. The van der Waals surface area contributed by atoms with Crippen LogP contribution in [0.2, 0.25) is 0 Å². The molecule has 0 aliphatic heterocycles. The van der Waals surface area contributed by atoms with Crippen molar-refractivity contribution in [2.75, 3.05) is 5.32 Å². The van der Waals surface area contributed by atoms with Crippen molar-refractivity contribution in [1.82, 2.24) is 0 Å². The minimum absolute atomic E-state index is 0.0976. The Bertz CT molecular complexity index is 609. The number of anilines is 1. The Hall–Kier alpha value is -1.66. The van der Waals surface area contributed by atoms with Crippen LogP contribution >= 0.6 is 27.3 Å². The largest absolute Gasteiger partial charge is 0.478 e. The standard InChI is InChI=1S/C12H8BrNO3S/c13-9-4-2-1-3-7(9)10(15)14-11-8(12(16)17)5-6-18-11/h1-6H,(H,14,15)(H,16,17). The van der Waals surface area contributed by atoms with Gasteiger partial charge in [0.15, 0.2) is 0 Å². The molecule has 0 unspecified atom stereocenters.